The lowest BCUT2D eigenvalue weighted by Gasteiger charge is -2.10. The normalized spacial score (nSPS) is 11.0. The van der Waals surface area contributed by atoms with Crippen molar-refractivity contribution in [1.82, 2.24) is 14.8 Å². The minimum absolute atomic E-state index is 0.630. The second kappa shape index (κ2) is 7.99. The van der Waals surface area contributed by atoms with Crippen LogP contribution in [-0.4, -0.2) is 14.8 Å². The maximum absolute atomic E-state index is 6.36. The van der Waals surface area contributed by atoms with Gasteiger partial charge in [-0.15, -0.1) is 16.8 Å². The van der Waals surface area contributed by atoms with Crippen LogP contribution < -0.4 is 0 Å². The summed E-state index contributed by atoms with van der Waals surface area (Å²) in [4.78, 5) is 0. The van der Waals surface area contributed by atoms with E-state index in [-0.39, 0.29) is 0 Å². The first-order valence-corrected chi connectivity index (χ1v) is 10.0. The van der Waals surface area contributed by atoms with Gasteiger partial charge in [0, 0.05) is 17.9 Å². The number of allylic oxidation sites excluding steroid dienone is 1. The van der Waals surface area contributed by atoms with Gasteiger partial charge in [-0.05, 0) is 28.5 Å². The highest BCUT2D eigenvalue weighted by Gasteiger charge is 2.16. The molecule has 5 heteroatoms. The molecule has 0 radical (unpaired) electrons. The van der Waals surface area contributed by atoms with Crippen LogP contribution in [0.4, 0.5) is 0 Å². The van der Waals surface area contributed by atoms with Crippen molar-refractivity contribution in [2.45, 2.75) is 17.5 Å². The average Bonchev–Trinajstić information content (AvgIpc) is 3.09. The van der Waals surface area contributed by atoms with Crippen LogP contribution in [0.1, 0.15) is 5.56 Å². The number of nitrogens with zero attached hydrogens (tertiary/aromatic N) is 3. The van der Waals surface area contributed by atoms with Gasteiger partial charge in [0.05, 0.1) is 5.02 Å². The van der Waals surface area contributed by atoms with Gasteiger partial charge < -0.3 is 0 Å². The van der Waals surface area contributed by atoms with Crippen LogP contribution in [0, 0.1) is 0 Å². The summed E-state index contributed by atoms with van der Waals surface area (Å²) in [5, 5.41) is 12.9. The predicted octanol–water partition coefficient (Wildman–Crippen LogP) is 6.23. The van der Waals surface area contributed by atoms with E-state index in [2.05, 4.69) is 63.8 Å². The lowest BCUT2D eigenvalue weighted by molar-refractivity contribution is 0.731. The van der Waals surface area contributed by atoms with Crippen molar-refractivity contribution in [3.05, 3.63) is 90.0 Å². The third kappa shape index (κ3) is 3.64. The molecule has 0 saturated heterocycles. The maximum atomic E-state index is 6.36. The maximum Gasteiger partial charge on any atom is 0.192 e. The van der Waals surface area contributed by atoms with Gasteiger partial charge in [0.15, 0.2) is 11.0 Å². The summed E-state index contributed by atoms with van der Waals surface area (Å²) in [6.45, 7) is 4.50. The fourth-order valence-corrected chi connectivity index (χ4v) is 4.26. The van der Waals surface area contributed by atoms with Crippen molar-refractivity contribution in [2.24, 2.45) is 0 Å². The largest absolute Gasteiger partial charge is 0.298 e. The second-order valence-electron chi connectivity index (χ2n) is 6.11. The first-order valence-electron chi connectivity index (χ1n) is 8.66. The van der Waals surface area contributed by atoms with Gasteiger partial charge in [0.1, 0.15) is 0 Å². The Morgan fingerprint density at radius 2 is 1.74 bits per heavy atom. The molecule has 0 spiro atoms. The molecule has 0 unspecified atom stereocenters. The zero-order valence-electron chi connectivity index (χ0n) is 14.7. The van der Waals surface area contributed by atoms with E-state index in [0.717, 1.165) is 22.3 Å². The topological polar surface area (TPSA) is 30.7 Å². The van der Waals surface area contributed by atoms with E-state index in [1.807, 2.05) is 30.3 Å². The number of rotatable bonds is 6. The minimum Gasteiger partial charge on any atom is -0.298 e. The summed E-state index contributed by atoms with van der Waals surface area (Å²) in [6, 6.07) is 22.5. The molecule has 134 valence electrons. The highest BCUT2D eigenvalue weighted by Crippen LogP contribution is 2.31. The number of hydrogen-bond donors (Lipinski definition) is 0. The Labute approximate surface area is 167 Å². The number of thioether (sulfide) groups is 1. The number of hydrogen-bond acceptors (Lipinski definition) is 3. The van der Waals surface area contributed by atoms with E-state index in [1.54, 1.807) is 11.8 Å². The number of benzene rings is 3. The molecule has 0 saturated carbocycles. The zero-order valence-corrected chi connectivity index (χ0v) is 16.2. The van der Waals surface area contributed by atoms with Crippen molar-refractivity contribution >= 4 is 34.1 Å². The monoisotopic (exact) mass is 391 g/mol. The third-order valence-electron chi connectivity index (χ3n) is 4.38. The van der Waals surface area contributed by atoms with Crippen LogP contribution in [0.25, 0.3) is 22.2 Å². The molecule has 0 fully saturated rings. The molecule has 0 amide bonds. The van der Waals surface area contributed by atoms with E-state index in [0.29, 0.717) is 11.6 Å². The summed E-state index contributed by atoms with van der Waals surface area (Å²) in [5.74, 6) is 1.58. The van der Waals surface area contributed by atoms with Gasteiger partial charge in [-0.2, -0.15) is 0 Å². The van der Waals surface area contributed by atoms with E-state index in [9.17, 15) is 0 Å². The van der Waals surface area contributed by atoms with Crippen LogP contribution in [-0.2, 0) is 12.3 Å². The van der Waals surface area contributed by atoms with Crippen molar-refractivity contribution in [3.63, 3.8) is 0 Å². The molecule has 1 aromatic heterocycles. The molecule has 0 atom stereocenters. The Hall–Kier alpha value is -2.56. The van der Waals surface area contributed by atoms with Crippen molar-refractivity contribution in [2.75, 3.05) is 0 Å². The lowest BCUT2D eigenvalue weighted by Crippen LogP contribution is -2.01. The number of aromatic nitrogens is 3. The third-order valence-corrected chi connectivity index (χ3v) is 5.73. The summed E-state index contributed by atoms with van der Waals surface area (Å²) in [6.07, 6.45) is 1.85. The van der Waals surface area contributed by atoms with Crippen LogP contribution >= 0.6 is 23.4 Å². The predicted molar refractivity (Wildman–Crippen MR) is 114 cm³/mol. The molecule has 0 aliphatic rings. The summed E-state index contributed by atoms with van der Waals surface area (Å²) >= 11 is 8.04. The summed E-state index contributed by atoms with van der Waals surface area (Å²) in [7, 11) is 0. The molecule has 0 aliphatic carbocycles. The van der Waals surface area contributed by atoms with Crippen molar-refractivity contribution < 1.29 is 0 Å². The lowest BCUT2D eigenvalue weighted by atomic mass is 10.1. The van der Waals surface area contributed by atoms with E-state index in [4.69, 9.17) is 11.6 Å². The summed E-state index contributed by atoms with van der Waals surface area (Å²) < 4.78 is 2.06. The second-order valence-corrected chi connectivity index (χ2v) is 7.46. The number of halogens is 1. The van der Waals surface area contributed by atoms with Gasteiger partial charge in [0.2, 0.25) is 0 Å². The van der Waals surface area contributed by atoms with Crippen LogP contribution in [0.5, 0.6) is 0 Å². The molecule has 0 bridgehead atoms. The highest BCUT2D eigenvalue weighted by atomic mass is 35.5. The SMILES string of the molecule is C=CCn1c(SCc2cccc3ccccc23)nnc1-c1ccccc1Cl. The molecule has 3 nitrogen and oxygen atoms in total. The van der Waals surface area contributed by atoms with E-state index < -0.39 is 0 Å². The first-order chi connectivity index (χ1) is 13.3. The smallest absolute Gasteiger partial charge is 0.192 e. The van der Waals surface area contributed by atoms with Crippen LogP contribution in [0.15, 0.2) is 84.5 Å². The molecule has 0 N–H and O–H groups in total. The fraction of sp³-hybridized carbons (Fsp3) is 0.0909. The molecular weight excluding hydrogens is 374 g/mol. The molecule has 3 aromatic carbocycles. The quantitative estimate of drug-likeness (QED) is 0.288. The first kappa shape index (κ1) is 17.8. The Bertz CT molecular complexity index is 1100. The minimum atomic E-state index is 0.630. The molecule has 0 aliphatic heterocycles. The Morgan fingerprint density at radius 1 is 0.963 bits per heavy atom. The van der Waals surface area contributed by atoms with E-state index in [1.165, 1.54) is 16.3 Å². The Kier molecular flexibility index (Phi) is 5.28. The van der Waals surface area contributed by atoms with Gasteiger partial charge in [0.25, 0.3) is 0 Å². The van der Waals surface area contributed by atoms with Crippen LogP contribution in [0.3, 0.4) is 0 Å². The molecule has 1 heterocycles. The Balaban J connectivity index is 1.66. The van der Waals surface area contributed by atoms with Gasteiger partial charge in [-0.1, -0.05) is 84.0 Å². The molecule has 27 heavy (non-hydrogen) atoms. The molecule has 4 aromatic rings. The van der Waals surface area contributed by atoms with Crippen molar-refractivity contribution in [3.8, 4) is 11.4 Å². The van der Waals surface area contributed by atoms with E-state index >= 15 is 0 Å². The van der Waals surface area contributed by atoms with Gasteiger partial charge >= 0.3 is 0 Å². The zero-order chi connectivity index (χ0) is 18.6. The average molecular weight is 392 g/mol. The van der Waals surface area contributed by atoms with Gasteiger partial charge in [-0.3, -0.25) is 4.57 Å². The Morgan fingerprint density at radius 3 is 2.59 bits per heavy atom. The van der Waals surface area contributed by atoms with Crippen molar-refractivity contribution in [1.29, 1.82) is 0 Å². The standard InChI is InChI=1S/C22H18ClN3S/c1-2-14-26-21(19-12-5-6-13-20(19)23)24-25-22(26)27-15-17-10-7-9-16-8-3-4-11-18(16)17/h2-13H,1,14-15H2. The number of fused-ring (bicyclic) bond motifs is 1. The summed E-state index contributed by atoms with van der Waals surface area (Å²) in [5.41, 5.74) is 2.16. The molecule has 4 rings (SSSR count). The van der Waals surface area contributed by atoms with Crippen LogP contribution in [0.2, 0.25) is 5.02 Å². The van der Waals surface area contributed by atoms with Gasteiger partial charge in [-0.25, -0.2) is 0 Å². The fourth-order valence-electron chi connectivity index (χ4n) is 3.09. The highest BCUT2D eigenvalue weighted by molar-refractivity contribution is 7.98. The molecular formula is C22H18ClN3S.